The van der Waals surface area contributed by atoms with Crippen molar-refractivity contribution in [1.29, 1.82) is 0 Å². The Kier molecular flexibility index (Phi) is 5.27. The number of carbonyl (C=O) groups is 2. The molecule has 0 radical (unpaired) electrons. The van der Waals surface area contributed by atoms with Crippen LogP contribution in [0.4, 0.5) is 5.69 Å². The monoisotopic (exact) mass is 333 g/mol. The average molecular weight is 334 g/mol. The van der Waals surface area contributed by atoms with Crippen LogP contribution < -0.4 is 10.9 Å². The van der Waals surface area contributed by atoms with Crippen LogP contribution >= 0.6 is 11.6 Å². The molecular weight excluding hydrogens is 322 g/mol. The van der Waals surface area contributed by atoms with Gasteiger partial charge in [0.05, 0.1) is 11.3 Å². The van der Waals surface area contributed by atoms with Crippen LogP contribution in [0.5, 0.6) is 0 Å². The molecule has 2 aromatic rings. The van der Waals surface area contributed by atoms with Crippen LogP contribution in [0.25, 0.3) is 0 Å². The van der Waals surface area contributed by atoms with Crippen LogP contribution in [0.3, 0.4) is 0 Å². The lowest BCUT2D eigenvalue weighted by Crippen LogP contribution is -2.42. The van der Waals surface area contributed by atoms with Gasteiger partial charge in [0, 0.05) is 22.2 Å². The Morgan fingerprint density at radius 2 is 1.83 bits per heavy atom. The number of para-hydroxylation sites is 1. The highest BCUT2D eigenvalue weighted by atomic mass is 35.5. The predicted octanol–water partition coefficient (Wildman–Crippen LogP) is 2.25. The molecule has 0 unspecified atom stereocenters. The lowest BCUT2D eigenvalue weighted by atomic mass is 10.1. The first-order chi connectivity index (χ1) is 11.0. The maximum absolute atomic E-state index is 11.8. The summed E-state index contributed by atoms with van der Waals surface area (Å²) in [5, 5.41) is 11.3. The second-order valence-corrected chi connectivity index (χ2v) is 5.01. The molecule has 0 aliphatic carbocycles. The van der Waals surface area contributed by atoms with Crippen LogP contribution in [0.15, 0.2) is 48.5 Å². The maximum Gasteiger partial charge on any atom is 0.273 e. The molecule has 0 aromatic heterocycles. The molecule has 0 spiro atoms. The largest absolute Gasteiger partial charge is 0.273 e. The zero-order valence-corrected chi connectivity index (χ0v) is 12.5. The summed E-state index contributed by atoms with van der Waals surface area (Å²) in [7, 11) is 0. The summed E-state index contributed by atoms with van der Waals surface area (Å²) >= 11 is 5.77. The Bertz CT molecular complexity index is 764. The van der Waals surface area contributed by atoms with Crippen LogP contribution in [-0.2, 0) is 11.2 Å². The first kappa shape index (κ1) is 16.4. The minimum atomic E-state index is -0.574. The summed E-state index contributed by atoms with van der Waals surface area (Å²) < 4.78 is 0. The molecule has 0 saturated carbocycles. The van der Waals surface area contributed by atoms with Gasteiger partial charge in [-0.15, -0.1) is 0 Å². The van der Waals surface area contributed by atoms with Gasteiger partial charge in [-0.2, -0.15) is 0 Å². The number of nitro groups is 1. The van der Waals surface area contributed by atoms with E-state index in [1.165, 1.54) is 30.3 Å². The van der Waals surface area contributed by atoms with Crippen molar-refractivity contribution in [3.05, 3.63) is 74.8 Å². The van der Waals surface area contributed by atoms with Crippen molar-refractivity contribution in [2.24, 2.45) is 0 Å². The molecule has 0 heterocycles. The van der Waals surface area contributed by atoms with E-state index in [1.807, 2.05) is 0 Å². The zero-order valence-electron chi connectivity index (χ0n) is 11.8. The first-order valence-corrected chi connectivity index (χ1v) is 6.92. The second kappa shape index (κ2) is 7.37. The van der Waals surface area contributed by atoms with Gasteiger partial charge in [0.15, 0.2) is 0 Å². The van der Waals surface area contributed by atoms with E-state index in [2.05, 4.69) is 10.9 Å². The van der Waals surface area contributed by atoms with Crippen molar-refractivity contribution in [3.63, 3.8) is 0 Å². The van der Waals surface area contributed by atoms with Gasteiger partial charge in [0.1, 0.15) is 0 Å². The minimum Gasteiger partial charge on any atom is -0.273 e. The van der Waals surface area contributed by atoms with E-state index >= 15 is 0 Å². The topological polar surface area (TPSA) is 101 Å². The predicted molar refractivity (Wildman–Crippen MR) is 83.9 cm³/mol. The SMILES string of the molecule is O=C(Cc1ccccc1[N+](=O)[O-])NNC(=O)c1cccc(Cl)c1. The molecule has 8 heteroatoms. The molecule has 0 atom stereocenters. The minimum absolute atomic E-state index is 0.149. The van der Waals surface area contributed by atoms with Crippen molar-refractivity contribution in [1.82, 2.24) is 10.9 Å². The summed E-state index contributed by atoms with van der Waals surface area (Å²) in [6, 6.07) is 12.1. The lowest BCUT2D eigenvalue weighted by Gasteiger charge is -2.08. The van der Waals surface area contributed by atoms with Crippen molar-refractivity contribution in [3.8, 4) is 0 Å². The molecule has 0 aliphatic rings. The molecule has 0 bridgehead atoms. The summed E-state index contributed by atoms with van der Waals surface area (Å²) in [6.45, 7) is 0. The van der Waals surface area contributed by atoms with E-state index in [0.29, 0.717) is 5.02 Å². The van der Waals surface area contributed by atoms with Crippen LogP contribution in [-0.4, -0.2) is 16.7 Å². The normalized spacial score (nSPS) is 9.96. The lowest BCUT2D eigenvalue weighted by molar-refractivity contribution is -0.385. The third kappa shape index (κ3) is 4.52. The third-order valence-corrected chi connectivity index (χ3v) is 3.18. The molecule has 2 rings (SSSR count). The van der Waals surface area contributed by atoms with Gasteiger partial charge in [0.2, 0.25) is 5.91 Å². The van der Waals surface area contributed by atoms with Crippen molar-refractivity contribution >= 4 is 29.1 Å². The van der Waals surface area contributed by atoms with Crippen LogP contribution in [0.1, 0.15) is 15.9 Å². The molecule has 7 nitrogen and oxygen atoms in total. The number of halogens is 1. The number of hydrogen-bond donors (Lipinski definition) is 2. The zero-order chi connectivity index (χ0) is 16.8. The molecule has 23 heavy (non-hydrogen) atoms. The van der Waals surface area contributed by atoms with Crippen LogP contribution in [0, 0.1) is 10.1 Å². The average Bonchev–Trinajstić information content (AvgIpc) is 2.53. The Morgan fingerprint density at radius 3 is 2.52 bits per heavy atom. The number of nitrogens with one attached hydrogen (secondary N) is 2. The number of nitrogens with zero attached hydrogens (tertiary/aromatic N) is 1. The second-order valence-electron chi connectivity index (χ2n) is 4.58. The van der Waals surface area contributed by atoms with Gasteiger partial charge in [0.25, 0.3) is 11.6 Å². The maximum atomic E-state index is 11.8. The van der Waals surface area contributed by atoms with E-state index < -0.39 is 16.7 Å². The molecular formula is C15H12ClN3O4. The fraction of sp³-hybridized carbons (Fsp3) is 0.0667. The molecule has 118 valence electrons. The fourth-order valence-electron chi connectivity index (χ4n) is 1.88. The molecule has 2 N–H and O–H groups in total. The number of amides is 2. The molecule has 0 saturated heterocycles. The van der Waals surface area contributed by atoms with Gasteiger partial charge in [-0.1, -0.05) is 35.9 Å². The van der Waals surface area contributed by atoms with E-state index in [1.54, 1.807) is 18.2 Å². The summed E-state index contributed by atoms with van der Waals surface area (Å²) in [6.07, 6.45) is -0.229. The number of carbonyl (C=O) groups excluding carboxylic acids is 2. The quantitative estimate of drug-likeness (QED) is 0.661. The highest BCUT2D eigenvalue weighted by Crippen LogP contribution is 2.17. The summed E-state index contributed by atoms with van der Waals surface area (Å²) in [5.41, 5.74) is 4.83. The molecule has 2 aromatic carbocycles. The number of hydrogen-bond acceptors (Lipinski definition) is 4. The van der Waals surface area contributed by atoms with Gasteiger partial charge >= 0.3 is 0 Å². The van der Waals surface area contributed by atoms with Gasteiger partial charge in [-0.3, -0.25) is 30.6 Å². The van der Waals surface area contributed by atoms with Gasteiger partial charge < -0.3 is 0 Å². The van der Waals surface area contributed by atoms with Crippen molar-refractivity contribution < 1.29 is 14.5 Å². The smallest absolute Gasteiger partial charge is 0.273 e. The highest BCUT2D eigenvalue weighted by Gasteiger charge is 2.16. The Balaban J connectivity index is 1.96. The van der Waals surface area contributed by atoms with Gasteiger partial charge in [-0.05, 0) is 18.2 Å². The van der Waals surface area contributed by atoms with Crippen molar-refractivity contribution in [2.75, 3.05) is 0 Å². The number of hydrazine groups is 1. The Morgan fingerprint density at radius 1 is 1.09 bits per heavy atom. The number of nitro benzene ring substituents is 1. The van der Waals surface area contributed by atoms with E-state index in [4.69, 9.17) is 11.6 Å². The number of rotatable bonds is 4. The molecule has 2 amide bonds. The Hall–Kier alpha value is -2.93. The standard InChI is InChI=1S/C15H12ClN3O4/c16-12-6-3-5-11(8-12)15(21)18-17-14(20)9-10-4-1-2-7-13(10)19(22)23/h1-8H,9H2,(H,17,20)(H,18,21). The Labute approximate surface area is 136 Å². The highest BCUT2D eigenvalue weighted by molar-refractivity contribution is 6.30. The van der Waals surface area contributed by atoms with Gasteiger partial charge in [-0.25, -0.2) is 0 Å². The van der Waals surface area contributed by atoms with E-state index in [9.17, 15) is 19.7 Å². The fourth-order valence-corrected chi connectivity index (χ4v) is 2.07. The molecule has 0 fully saturated rings. The van der Waals surface area contributed by atoms with E-state index in [-0.39, 0.29) is 23.2 Å². The van der Waals surface area contributed by atoms with Crippen LogP contribution in [0.2, 0.25) is 5.02 Å². The first-order valence-electron chi connectivity index (χ1n) is 6.54. The van der Waals surface area contributed by atoms with Crippen molar-refractivity contribution in [2.45, 2.75) is 6.42 Å². The van der Waals surface area contributed by atoms with E-state index in [0.717, 1.165) is 0 Å². The third-order valence-electron chi connectivity index (χ3n) is 2.94. The molecule has 0 aliphatic heterocycles. The summed E-state index contributed by atoms with van der Waals surface area (Å²) in [5.74, 6) is -1.11. The summed E-state index contributed by atoms with van der Waals surface area (Å²) in [4.78, 5) is 34.0. The number of benzene rings is 2.